The Hall–Kier alpha value is -2.05. The number of ether oxygens (including phenoxy) is 1. The van der Waals surface area contributed by atoms with Gasteiger partial charge in [0.1, 0.15) is 11.5 Å². The molecule has 0 aliphatic heterocycles. The number of aromatic nitrogens is 1. The third-order valence-corrected chi connectivity index (χ3v) is 3.91. The molecule has 0 amide bonds. The van der Waals surface area contributed by atoms with E-state index in [1.807, 2.05) is 18.3 Å². The normalized spacial score (nSPS) is 10.8. The third-order valence-electron chi connectivity index (χ3n) is 2.96. The van der Waals surface area contributed by atoms with E-state index in [2.05, 4.69) is 20.9 Å². The van der Waals surface area contributed by atoms with Crippen LogP contribution in [-0.2, 0) is 0 Å². The van der Waals surface area contributed by atoms with Crippen LogP contribution in [0.5, 0.6) is 11.5 Å². The zero-order valence-electron chi connectivity index (χ0n) is 10.5. The Balaban J connectivity index is 1.92. The second-order valence-corrected chi connectivity index (χ2v) is 5.58. The van der Waals surface area contributed by atoms with Crippen molar-refractivity contribution in [1.82, 2.24) is 4.98 Å². The Morgan fingerprint density at radius 1 is 1.24 bits per heavy atom. The number of non-ortho nitro benzene ring substituents is 1. The second-order valence-electron chi connectivity index (χ2n) is 4.32. The van der Waals surface area contributed by atoms with Gasteiger partial charge < -0.3 is 9.72 Å². The monoisotopic (exact) mass is 366 g/mol. The number of benzene rings is 2. The molecule has 0 saturated heterocycles. The van der Waals surface area contributed by atoms with E-state index in [1.165, 1.54) is 18.2 Å². The maximum absolute atomic E-state index is 10.7. The van der Waals surface area contributed by atoms with Crippen molar-refractivity contribution < 1.29 is 9.66 Å². The first-order valence-corrected chi connectivity index (χ1v) is 7.10. The fraction of sp³-hybridized carbons (Fsp3) is 0. The van der Waals surface area contributed by atoms with Crippen LogP contribution in [0.2, 0.25) is 5.02 Å². The Morgan fingerprint density at radius 3 is 2.76 bits per heavy atom. The molecule has 0 radical (unpaired) electrons. The van der Waals surface area contributed by atoms with Crippen molar-refractivity contribution >= 4 is 44.1 Å². The number of nitrogens with zero attached hydrogens (tertiary/aromatic N) is 1. The molecule has 1 N–H and O–H groups in total. The summed E-state index contributed by atoms with van der Waals surface area (Å²) in [6.07, 6.45) is 1.84. The predicted molar refractivity (Wildman–Crippen MR) is 84.2 cm³/mol. The van der Waals surface area contributed by atoms with Gasteiger partial charge in [0.15, 0.2) is 0 Å². The minimum absolute atomic E-state index is 0.0731. The fourth-order valence-electron chi connectivity index (χ4n) is 1.95. The highest BCUT2D eigenvalue weighted by Crippen LogP contribution is 2.34. The number of fused-ring (bicyclic) bond motifs is 1. The van der Waals surface area contributed by atoms with Crippen LogP contribution in [0.1, 0.15) is 0 Å². The number of nitrogens with one attached hydrogen (secondary N) is 1. The van der Waals surface area contributed by atoms with Crippen LogP contribution in [0.3, 0.4) is 0 Å². The van der Waals surface area contributed by atoms with Crippen molar-refractivity contribution in [2.75, 3.05) is 0 Å². The molecule has 0 saturated carbocycles. The molecule has 0 aliphatic rings. The summed E-state index contributed by atoms with van der Waals surface area (Å²) >= 11 is 9.44. The third kappa shape index (κ3) is 2.72. The van der Waals surface area contributed by atoms with Crippen LogP contribution in [0.4, 0.5) is 5.69 Å². The summed E-state index contributed by atoms with van der Waals surface area (Å²) in [4.78, 5) is 13.3. The van der Waals surface area contributed by atoms with Crippen molar-refractivity contribution in [3.05, 3.63) is 62.2 Å². The maximum atomic E-state index is 10.7. The molecule has 5 nitrogen and oxygen atoms in total. The zero-order chi connectivity index (χ0) is 15.0. The second kappa shape index (κ2) is 5.38. The SMILES string of the molecule is O=[N+]([O-])c1ccc(Oc2ccc3c(Br)c[nH]c3c2)c(Cl)c1. The van der Waals surface area contributed by atoms with Gasteiger partial charge in [-0.25, -0.2) is 0 Å². The lowest BCUT2D eigenvalue weighted by Crippen LogP contribution is -1.90. The summed E-state index contributed by atoms with van der Waals surface area (Å²) in [6, 6.07) is 9.64. The van der Waals surface area contributed by atoms with Crippen molar-refractivity contribution in [1.29, 1.82) is 0 Å². The number of nitro groups is 1. The standard InChI is InChI=1S/C14H8BrClN2O3/c15-11-7-17-13-6-9(2-3-10(11)13)21-14-4-1-8(18(19)20)5-12(14)16/h1-7,17H. The van der Waals surface area contributed by atoms with Gasteiger partial charge in [-0.15, -0.1) is 0 Å². The average molecular weight is 368 g/mol. The van der Waals surface area contributed by atoms with Gasteiger partial charge in [0, 0.05) is 34.3 Å². The number of rotatable bonds is 3. The van der Waals surface area contributed by atoms with Crippen molar-refractivity contribution in [3.63, 3.8) is 0 Å². The first-order chi connectivity index (χ1) is 10.0. The Kier molecular flexibility index (Phi) is 3.57. The van der Waals surface area contributed by atoms with E-state index in [9.17, 15) is 10.1 Å². The maximum Gasteiger partial charge on any atom is 0.271 e. The Labute approximate surface area is 132 Å². The summed E-state index contributed by atoms with van der Waals surface area (Å²) in [5, 5.41) is 11.9. The number of hydrogen-bond donors (Lipinski definition) is 1. The minimum Gasteiger partial charge on any atom is -0.456 e. The largest absolute Gasteiger partial charge is 0.456 e. The highest BCUT2D eigenvalue weighted by molar-refractivity contribution is 9.10. The molecule has 106 valence electrons. The van der Waals surface area contributed by atoms with Gasteiger partial charge in [0.2, 0.25) is 0 Å². The molecule has 0 unspecified atom stereocenters. The van der Waals surface area contributed by atoms with Crippen molar-refractivity contribution in [2.24, 2.45) is 0 Å². The molecule has 21 heavy (non-hydrogen) atoms. The van der Waals surface area contributed by atoms with Crippen molar-refractivity contribution in [2.45, 2.75) is 0 Å². The lowest BCUT2D eigenvalue weighted by Gasteiger charge is -2.07. The van der Waals surface area contributed by atoms with Crippen LogP contribution in [0.15, 0.2) is 47.1 Å². The topological polar surface area (TPSA) is 68.2 Å². The van der Waals surface area contributed by atoms with Crippen LogP contribution in [0, 0.1) is 10.1 Å². The molecule has 0 bridgehead atoms. The molecule has 1 heterocycles. The highest BCUT2D eigenvalue weighted by atomic mass is 79.9. The lowest BCUT2D eigenvalue weighted by molar-refractivity contribution is -0.384. The van der Waals surface area contributed by atoms with Gasteiger partial charge in [-0.2, -0.15) is 0 Å². The fourth-order valence-corrected chi connectivity index (χ4v) is 2.62. The molecule has 1 aromatic heterocycles. The van der Waals surface area contributed by atoms with Gasteiger partial charge in [-0.05, 0) is 34.1 Å². The molecule has 3 aromatic rings. The minimum atomic E-state index is -0.502. The quantitative estimate of drug-likeness (QED) is 0.505. The molecule has 0 spiro atoms. The van der Waals surface area contributed by atoms with Gasteiger partial charge in [0.25, 0.3) is 5.69 Å². The van der Waals surface area contributed by atoms with E-state index >= 15 is 0 Å². The summed E-state index contributed by atoms with van der Waals surface area (Å²) < 4.78 is 6.64. The van der Waals surface area contributed by atoms with Crippen LogP contribution in [-0.4, -0.2) is 9.91 Å². The summed E-state index contributed by atoms with van der Waals surface area (Å²) in [5.41, 5.74) is 0.841. The Bertz CT molecular complexity index is 847. The van der Waals surface area contributed by atoms with Crippen molar-refractivity contribution in [3.8, 4) is 11.5 Å². The lowest BCUT2D eigenvalue weighted by atomic mass is 10.2. The van der Waals surface area contributed by atoms with E-state index in [0.717, 1.165) is 15.4 Å². The average Bonchev–Trinajstić information content (AvgIpc) is 2.82. The van der Waals surface area contributed by atoms with E-state index in [4.69, 9.17) is 16.3 Å². The molecular weight excluding hydrogens is 360 g/mol. The first-order valence-electron chi connectivity index (χ1n) is 5.93. The smallest absolute Gasteiger partial charge is 0.271 e. The summed E-state index contributed by atoms with van der Waals surface area (Å²) in [7, 11) is 0. The summed E-state index contributed by atoms with van der Waals surface area (Å²) in [6.45, 7) is 0. The highest BCUT2D eigenvalue weighted by Gasteiger charge is 2.11. The molecule has 2 aromatic carbocycles. The van der Waals surface area contributed by atoms with E-state index in [0.29, 0.717) is 11.5 Å². The summed E-state index contributed by atoms with van der Waals surface area (Å²) in [5.74, 6) is 0.958. The first kappa shape index (κ1) is 13.9. The predicted octanol–water partition coefficient (Wildman–Crippen LogP) is 5.28. The number of hydrogen-bond acceptors (Lipinski definition) is 3. The van der Waals surface area contributed by atoms with Crippen LogP contribution < -0.4 is 4.74 Å². The van der Waals surface area contributed by atoms with Gasteiger partial charge in [0.05, 0.1) is 15.5 Å². The zero-order valence-corrected chi connectivity index (χ0v) is 12.8. The van der Waals surface area contributed by atoms with E-state index in [1.54, 1.807) is 6.07 Å². The van der Waals surface area contributed by atoms with Gasteiger partial charge in [-0.3, -0.25) is 10.1 Å². The van der Waals surface area contributed by atoms with Gasteiger partial charge >= 0.3 is 0 Å². The Morgan fingerprint density at radius 2 is 2.05 bits per heavy atom. The molecule has 3 rings (SSSR count). The molecule has 0 atom stereocenters. The van der Waals surface area contributed by atoms with E-state index in [-0.39, 0.29) is 10.7 Å². The van der Waals surface area contributed by atoms with Crippen LogP contribution in [0.25, 0.3) is 10.9 Å². The van der Waals surface area contributed by atoms with Gasteiger partial charge in [-0.1, -0.05) is 11.6 Å². The molecule has 7 heteroatoms. The number of H-pyrrole nitrogens is 1. The van der Waals surface area contributed by atoms with E-state index < -0.39 is 4.92 Å². The van der Waals surface area contributed by atoms with Crippen LogP contribution >= 0.6 is 27.5 Å². The molecular formula is C14H8BrClN2O3. The molecule has 0 aliphatic carbocycles. The molecule has 0 fully saturated rings. The number of nitro benzene ring substituents is 1. The number of aromatic amines is 1. The number of halogens is 2.